The maximum Gasteiger partial charge on any atom is 0.247 e. The van der Waals surface area contributed by atoms with Crippen molar-refractivity contribution >= 4 is 11.8 Å². The zero-order valence-electron chi connectivity index (χ0n) is 21.2. The number of nitrogens with zero attached hydrogens (tertiary/aromatic N) is 1. The molecule has 38 heavy (non-hydrogen) atoms. The van der Waals surface area contributed by atoms with Crippen molar-refractivity contribution in [2.75, 3.05) is 14.2 Å². The summed E-state index contributed by atoms with van der Waals surface area (Å²) in [6.45, 7) is 0.267. The van der Waals surface area contributed by atoms with Gasteiger partial charge in [-0.15, -0.1) is 0 Å². The van der Waals surface area contributed by atoms with Crippen molar-refractivity contribution < 1.29 is 27.9 Å². The number of hydrogen-bond donors (Lipinski definition) is 1. The number of nitrogens with one attached hydrogen (secondary N) is 1. The first-order chi connectivity index (χ1) is 18.5. The van der Waals surface area contributed by atoms with E-state index in [0.29, 0.717) is 33.9 Å². The number of methoxy groups -OCH3 is 2. The third-order valence-corrected chi connectivity index (χ3v) is 6.08. The first kappa shape index (κ1) is 26.5. The van der Waals surface area contributed by atoms with Crippen LogP contribution >= 0.6 is 0 Å². The predicted molar refractivity (Wildman–Crippen MR) is 140 cm³/mol. The van der Waals surface area contributed by atoms with E-state index in [2.05, 4.69) is 5.32 Å². The first-order valence-corrected chi connectivity index (χ1v) is 12.1. The zero-order chi connectivity index (χ0) is 26.9. The number of carbonyl (C=O) groups is 2. The fourth-order valence-electron chi connectivity index (χ4n) is 4.17. The summed E-state index contributed by atoms with van der Waals surface area (Å²) in [4.78, 5) is 29.0. The van der Waals surface area contributed by atoms with Gasteiger partial charge in [0, 0.05) is 6.54 Å². The minimum absolute atomic E-state index is 0.0103. The van der Waals surface area contributed by atoms with Gasteiger partial charge in [-0.25, -0.2) is 4.39 Å². The highest BCUT2D eigenvalue weighted by molar-refractivity contribution is 5.89. The number of furan rings is 1. The van der Waals surface area contributed by atoms with E-state index in [1.807, 2.05) is 18.2 Å². The summed E-state index contributed by atoms with van der Waals surface area (Å²) in [5.74, 6) is 0.601. The summed E-state index contributed by atoms with van der Waals surface area (Å²) in [6, 6.07) is 22.8. The molecular formula is C30H29FN2O5. The van der Waals surface area contributed by atoms with E-state index in [1.165, 1.54) is 30.4 Å². The van der Waals surface area contributed by atoms with Crippen LogP contribution in [0.4, 0.5) is 4.39 Å². The molecule has 4 aromatic rings. The quantitative estimate of drug-likeness (QED) is 0.301. The molecule has 1 N–H and O–H groups in total. The van der Waals surface area contributed by atoms with E-state index in [4.69, 9.17) is 13.9 Å². The molecule has 8 heteroatoms. The van der Waals surface area contributed by atoms with Crippen LogP contribution in [0.2, 0.25) is 0 Å². The van der Waals surface area contributed by atoms with Gasteiger partial charge in [0.25, 0.3) is 0 Å². The van der Waals surface area contributed by atoms with Gasteiger partial charge in [0.15, 0.2) is 11.5 Å². The lowest BCUT2D eigenvalue weighted by Crippen LogP contribution is -2.43. The van der Waals surface area contributed by atoms with Gasteiger partial charge in [-0.3, -0.25) is 9.59 Å². The second-order valence-corrected chi connectivity index (χ2v) is 8.62. The Labute approximate surface area is 220 Å². The van der Waals surface area contributed by atoms with Crippen LogP contribution in [0, 0.1) is 5.82 Å². The molecular weight excluding hydrogens is 487 g/mol. The SMILES string of the molecule is COc1ccc(CC(=O)N(Cc2ccc(F)cc2)C(C(=O)NCc2ccco2)c2ccccc2)cc1OC. The summed E-state index contributed by atoms with van der Waals surface area (Å²) < 4.78 is 29.7. The molecule has 4 rings (SSSR count). The van der Waals surface area contributed by atoms with Crippen LogP contribution in [-0.4, -0.2) is 30.9 Å². The smallest absolute Gasteiger partial charge is 0.247 e. The Kier molecular flexibility index (Phi) is 8.77. The molecule has 0 saturated carbocycles. The van der Waals surface area contributed by atoms with Gasteiger partial charge in [0.05, 0.1) is 33.4 Å². The molecule has 0 bridgehead atoms. The Hall–Kier alpha value is -4.59. The van der Waals surface area contributed by atoms with Crippen LogP contribution in [0.5, 0.6) is 11.5 Å². The lowest BCUT2D eigenvalue weighted by molar-refractivity contribution is -0.141. The minimum Gasteiger partial charge on any atom is -0.493 e. The first-order valence-electron chi connectivity index (χ1n) is 12.1. The molecule has 3 aromatic carbocycles. The molecule has 0 spiro atoms. The average Bonchev–Trinajstić information content (AvgIpc) is 3.47. The summed E-state index contributed by atoms with van der Waals surface area (Å²) >= 11 is 0. The normalized spacial score (nSPS) is 11.4. The molecule has 2 amide bonds. The molecule has 1 aromatic heterocycles. The molecule has 7 nitrogen and oxygen atoms in total. The Bertz CT molecular complexity index is 1340. The summed E-state index contributed by atoms with van der Waals surface area (Å²) in [6.07, 6.45) is 1.54. The highest BCUT2D eigenvalue weighted by atomic mass is 19.1. The van der Waals surface area contributed by atoms with Crippen molar-refractivity contribution in [1.82, 2.24) is 10.2 Å². The van der Waals surface area contributed by atoms with Gasteiger partial charge in [-0.2, -0.15) is 0 Å². The number of amides is 2. The largest absolute Gasteiger partial charge is 0.493 e. The van der Waals surface area contributed by atoms with Crippen molar-refractivity contribution in [3.05, 3.63) is 119 Å². The third-order valence-electron chi connectivity index (χ3n) is 6.08. The summed E-state index contributed by atoms with van der Waals surface area (Å²) in [5, 5.41) is 2.89. The molecule has 0 aliphatic rings. The lowest BCUT2D eigenvalue weighted by atomic mass is 10.0. The number of halogens is 1. The van der Waals surface area contributed by atoms with Crippen molar-refractivity contribution in [2.45, 2.75) is 25.6 Å². The Morgan fingerprint density at radius 1 is 0.895 bits per heavy atom. The number of ether oxygens (including phenoxy) is 2. The fraction of sp³-hybridized carbons (Fsp3) is 0.200. The van der Waals surface area contributed by atoms with Crippen LogP contribution in [-0.2, 0) is 29.1 Å². The Balaban J connectivity index is 1.68. The van der Waals surface area contributed by atoms with Gasteiger partial charge in [0.2, 0.25) is 11.8 Å². The Morgan fingerprint density at radius 3 is 2.26 bits per heavy atom. The third kappa shape index (κ3) is 6.59. The molecule has 0 aliphatic carbocycles. The Morgan fingerprint density at radius 2 is 1.61 bits per heavy atom. The maximum atomic E-state index is 13.9. The number of hydrogen-bond acceptors (Lipinski definition) is 5. The van der Waals surface area contributed by atoms with E-state index in [-0.39, 0.29) is 37.1 Å². The molecule has 0 fully saturated rings. The molecule has 0 saturated heterocycles. The van der Waals surface area contributed by atoms with Gasteiger partial charge >= 0.3 is 0 Å². The summed E-state index contributed by atoms with van der Waals surface area (Å²) in [5.41, 5.74) is 2.03. The van der Waals surface area contributed by atoms with E-state index in [0.717, 1.165) is 0 Å². The summed E-state index contributed by atoms with van der Waals surface area (Å²) in [7, 11) is 3.07. The average molecular weight is 517 g/mol. The molecule has 1 unspecified atom stereocenters. The van der Waals surface area contributed by atoms with Crippen molar-refractivity contribution in [2.24, 2.45) is 0 Å². The fourth-order valence-corrected chi connectivity index (χ4v) is 4.17. The number of carbonyl (C=O) groups excluding carboxylic acids is 2. The monoisotopic (exact) mass is 516 g/mol. The maximum absolute atomic E-state index is 13.9. The van der Waals surface area contributed by atoms with Gasteiger partial charge in [-0.05, 0) is 53.1 Å². The second kappa shape index (κ2) is 12.6. The molecule has 0 radical (unpaired) electrons. The van der Waals surface area contributed by atoms with E-state index >= 15 is 0 Å². The van der Waals surface area contributed by atoms with Crippen LogP contribution < -0.4 is 14.8 Å². The lowest BCUT2D eigenvalue weighted by Gasteiger charge is -2.32. The molecule has 1 atom stereocenters. The predicted octanol–water partition coefficient (Wildman–Crippen LogP) is 5.06. The minimum atomic E-state index is -0.941. The highest BCUT2D eigenvalue weighted by Crippen LogP contribution is 2.29. The molecule has 0 aliphatic heterocycles. The second-order valence-electron chi connectivity index (χ2n) is 8.62. The van der Waals surface area contributed by atoms with Crippen LogP contribution in [0.15, 0.2) is 95.6 Å². The van der Waals surface area contributed by atoms with Gasteiger partial charge in [0.1, 0.15) is 17.6 Å². The van der Waals surface area contributed by atoms with Crippen LogP contribution in [0.25, 0.3) is 0 Å². The molecule has 196 valence electrons. The van der Waals surface area contributed by atoms with Gasteiger partial charge in [-0.1, -0.05) is 48.5 Å². The standard InChI is InChI=1S/C30H29FN2O5/c1-36-26-15-12-22(17-27(26)37-2)18-28(34)33(20-21-10-13-24(31)14-11-21)29(23-7-4-3-5-8-23)30(35)32-19-25-9-6-16-38-25/h3-17,29H,18-20H2,1-2H3,(H,32,35). The van der Waals surface area contributed by atoms with Crippen molar-refractivity contribution in [3.63, 3.8) is 0 Å². The van der Waals surface area contributed by atoms with Gasteiger partial charge < -0.3 is 24.1 Å². The van der Waals surface area contributed by atoms with Crippen molar-refractivity contribution in [1.29, 1.82) is 0 Å². The van der Waals surface area contributed by atoms with Crippen molar-refractivity contribution in [3.8, 4) is 11.5 Å². The molecule has 1 heterocycles. The zero-order valence-corrected chi connectivity index (χ0v) is 21.2. The van der Waals surface area contributed by atoms with E-state index in [9.17, 15) is 14.0 Å². The topological polar surface area (TPSA) is 81.0 Å². The van der Waals surface area contributed by atoms with Crippen LogP contribution in [0.1, 0.15) is 28.5 Å². The number of benzene rings is 3. The number of rotatable bonds is 11. The van der Waals surface area contributed by atoms with E-state index in [1.54, 1.807) is 61.7 Å². The highest BCUT2D eigenvalue weighted by Gasteiger charge is 2.31. The van der Waals surface area contributed by atoms with E-state index < -0.39 is 6.04 Å². The van der Waals surface area contributed by atoms with Crippen LogP contribution in [0.3, 0.4) is 0 Å².